The number of alkyl halides is 3. The minimum atomic E-state index is -4.76. The van der Waals surface area contributed by atoms with Crippen LogP contribution in [0.4, 0.5) is 13.2 Å². The number of amides is 1. The molecule has 0 radical (unpaired) electrons. The van der Waals surface area contributed by atoms with E-state index in [0.29, 0.717) is 18.5 Å². The Morgan fingerprint density at radius 3 is 2.95 bits per heavy atom. The second-order valence-corrected chi connectivity index (χ2v) is 4.71. The largest absolute Gasteiger partial charge is 0.573 e. The molecule has 0 aromatic heterocycles. The van der Waals surface area contributed by atoms with E-state index in [9.17, 15) is 18.0 Å². The maximum Gasteiger partial charge on any atom is 0.573 e. The molecule has 2 rings (SSSR count). The standard InChI is InChI=1S/C13H14F3N3O2/c14-13(15,16)21-10-3-1-2-8(4-10)6-19-12(20)11-5-9(17)7-18-11/h3-4,9,11,18H,5-7,17H2,(H,19,20)/t9-,11-/m0/s1. The first-order valence-corrected chi connectivity index (χ1v) is 6.28. The number of rotatable bonds is 4. The summed E-state index contributed by atoms with van der Waals surface area (Å²) in [7, 11) is 0. The SMILES string of the molecule is N[C@@H]1CN[C@H](C(=O)NCc2c#ccc(OC(F)(F)F)c2)C1. The zero-order valence-electron chi connectivity index (χ0n) is 11.0. The van der Waals surface area contributed by atoms with Crippen LogP contribution in [0.25, 0.3) is 0 Å². The number of nitrogens with two attached hydrogens (primary N) is 1. The molecule has 1 amide bonds. The van der Waals surface area contributed by atoms with Gasteiger partial charge >= 0.3 is 6.36 Å². The van der Waals surface area contributed by atoms with Crippen molar-refractivity contribution in [2.75, 3.05) is 6.54 Å². The number of hydrogen-bond acceptors (Lipinski definition) is 4. The Morgan fingerprint density at radius 1 is 1.57 bits per heavy atom. The normalized spacial score (nSPS) is 21.7. The Balaban J connectivity index is 1.88. The van der Waals surface area contributed by atoms with Gasteiger partial charge in [-0.3, -0.25) is 4.79 Å². The van der Waals surface area contributed by atoms with Crippen LogP contribution in [0.15, 0.2) is 12.1 Å². The van der Waals surface area contributed by atoms with Crippen molar-refractivity contribution >= 4 is 5.91 Å². The zero-order valence-corrected chi connectivity index (χ0v) is 11.0. The molecule has 4 N–H and O–H groups in total. The van der Waals surface area contributed by atoms with Crippen LogP contribution in [0.1, 0.15) is 12.0 Å². The maximum absolute atomic E-state index is 12.1. The van der Waals surface area contributed by atoms with E-state index in [1.54, 1.807) is 0 Å². The van der Waals surface area contributed by atoms with Crippen molar-refractivity contribution in [3.63, 3.8) is 0 Å². The fraction of sp³-hybridized carbons (Fsp3) is 0.462. The average molecular weight is 301 g/mol. The quantitative estimate of drug-likeness (QED) is 0.756. The molecule has 2 atom stereocenters. The van der Waals surface area contributed by atoms with Gasteiger partial charge in [0.25, 0.3) is 0 Å². The van der Waals surface area contributed by atoms with Gasteiger partial charge in [0.05, 0.1) is 12.6 Å². The zero-order chi connectivity index (χ0) is 15.5. The molecule has 1 aliphatic heterocycles. The number of nitrogens with one attached hydrogen (secondary N) is 2. The number of ether oxygens (including phenoxy) is 1. The molecule has 21 heavy (non-hydrogen) atoms. The van der Waals surface area contributed by atoms with Crippen LogP contribution in [-0.2, 0) is 11.3 Å². The summed E-state index contributed by atoms with van der Waals surface area (Å²) in [6.07, 6.45) is -4.24. The monoisotopic (exact) mass is 301 g/mol. The summed E-state index contributed by atoms with van der Waals surface area (Å²) in [5, 5.41) is 5.56. The predicted octanol–water partition coefficient (Wildman–Crippen LogP) is 0.491. The molecule has 1 heterocycles. The molecule has 114 valence electrons. The summed E-state index contributed by atoms with van der Waals surface area (Å²) in [6, 6.07) is 6.77. The summed E-state index contributed by atoms with van der Waals surface area (Å²) in [5.74, 6) is -0.648. The van der Waals surface area contributed by atoms with Gasteiger partial charge in [0.1, 0.15) is 5.75 Å². The van der Waals surface area contributed by atoms with E-state index in [-0.39, 0.29) is 24.5 Å². The highest BCUT2D eigenvalue weighted by atomic mass is 19.4. The Kier molecular flexibility index (Phi) is 4.55. The topological polar surface area (TPSA) is 76.4 Å². The third kappa shape index (κ3) is 4.81. The second kappa shape index (κ2) is 6.20. The van der Waals surface area contributed by atoms with E-state index in [4.69, 9.17) is 5.73 Å². The van der Waals surface area contributed by atoms with Gasteiger partial charge < -0.3 is 21.1 Å². The fourth-order valence-corrected chi connectivity index (χ4v) is 2.01. The third-order valence-electron chi connectivity index (χ3n) is 2.93. The lowest BCUT2D eigenvalue weighted by atomic mass is 10.1. The summed E-state index contributed by atoms with van der Waals surface area (Å²) in [6.45, 7) is 0.602. The molecule has 1 aromatic rings. The van der Waals surface area contributed by atoms with Gasteiger partial charge in [-0.05, 0) is 12.5 Å². The highest BCUT2D eigenvalue weighted by Crippen LogP contribution is 2.22. The molecule has 1 aliphatic rings. The number of carbonyl (C=O) groups is 1. The second-order valence-electron chi connectivity index (χ2n) is 4.71. The molecule has 0 bridgehead atoms. The van der Waals surface area contributed by atoms with E-state index in [2.05, 4.69) is 27.5 Å². The number of hydrogen-bond donors (Lipinski definition) is 3. The smallest absolute Gasteiger partial charge is 0.405 e. The predicted molar refractivity (Wildman–Crippen MR) is 67.0 cm³/mol. The van der Waals surface area contributed by atoms with E-state index >= 15 is 0 Å². The first-order chi connectivity index (χ1) is 9.83. The van der Waals surface area contributed by atoms with Gasteiger partial charge in [-0.15, -0.1) is 13.2 Å². The van der Waals surface area contributed by atoms with Crippen LogP contribution in [0.2, 0.25) is 0 Å². The summed E-state index contributed by atoms with van der Waals surface area (Å²) >= 11 is 0. The van der Waals surface area contributed by atoms with Crippen molar-refractivity contribution in [1.82, 2.24) is 10.6 Å². The molecule has 0 spiro atoms. The molecule has 0 saturated carbocycles. The van der Waals surface area contributed by atoms with Crippen LogP contribution >= 0.6 is 0 Å². The molecule has 5 nitrogen and oxygen atoms in total. The highest BCUT2D eigenvalue weighted by molar-refractivity contribution is 5.82. The van der Waals surface area contributed by atoms with Gasteiger partial charge in [0.15, 0.2) is 0 Å². The van der Waals surface area contributed by atoms with Gasteiger partial charge in [-0.1, -0.05) is 12.1 Å². The van der Waals surface area contributed by atoms with Crippen molar-refractivity contribution in [3.05, 3.63) is 29.8 Å². The molecule has 0 unspecified atom stereocenters. The summed E-state index contributed by atoms with van der Waals surface area (Å²) < 4.78 is 40.0. The van der Waals surface area contributed by atoms with Gasteiger partial charge in [0.2, 0.25) is 5.91 Å². The van der Waals surface area contributed by atoms with Gasteiger partial charge in [-0.2, -0.15) is 0 Å². The van der Waals surface area contributed by atoms with Crippen LogP contribution in [-0.4, -0.2) is 30.9 Å². The van der Waals surface area contributed by atoms with Crippen molar-refractivity contribution in [2.45, 2.75) is 31.4 Å². The molecule has 1 aromatic carbocycles. The first kappa shape index (κ1) is 15.4. The van der Waals surface area contributed by atoms with Crippen molar-refractivity contribution in [2.24, 2.45) is 5.73 Å². The summed E-state index contributed by atoms with van der Waals surface area (Å²) in [4.78, 5) is 11.8. The van der Waals surface area contributed by atoms with Crippen LogP contribution < -0.4 is 21.1 Å². The summed E-state index contributed by atoms with van der Waals surface area (Å²) in [5.41, 5.74) is 6.01. The number of halogens is 3. The maximum atomic E-state index is 12.1. The Bertz CT molecular complexity index is 508. The highest BCUT2D eigenvalue weighted by Gasteiger charge is 2.31. The lowest BCUT2D eigenvalue weighted by Crippen LogP contribution is -2.40. The molecule has 0 aliphatic carbocycles. The van der Waals surface area contributed by atoms with Crippen LogP contribution in [0.3, 0.4) is 0 Å². The van der Waals surface area contributed by atoms with Crippen molar-refractivity contribution in [1.29, 1.82) is 0 Å². The molecule has 1 saturated heterocycles. The Labute approximate surface area is 119 Å². The van der Waals surface area contributed by atoms with E-state index in [0.717, 1.165) is 12.1 Å². The van der Waals surface area contributed by atoms with Crippen LogP contribution in [0, 0.1) is 12.1 Å². The molecule has 8 heteroatoms. The Hall–Kier alpha value is -1.98. The van der Waals surface area contributed by atoms with Crippen LogP contribution in [0.5, 0.6) is 5.75 Å². The Morgan fingerprint density at radius 2 is 2.33 bits per heavy atom. The molecular weight excluding hydrogens is 287 g/mol. The minimum Gasteiger partial charge on any atom is -0.405 e. The van der Waals surface area contributed by atoms with E-state index in [1.165, 1.54) is 0 Å². The first-order valence-electron chi connectivity index (χ1n) is 6.28. The lowest BCUT2D eigenvalue weighted by molar-refractivity contribution is -0.274. The van der Waals surface area contributed by atoms with E-state index < -0.39 is 12.1 Å². The minimum absolute atomic E-state index is 0.0395. The lowest BCUT2D eigenvalue weighted by Gasteiger charge is -2.11. The molecular formula is C13H14F3N3O2. The molecule has 1 fully saturated rings. The fourth-order valence-electron chi connectivity index (χ4n) is 2.01. The number of carbonyl (C=O) groups excluding carboxylic acids is 1. The third-order valence-corrected chi connectivity index (χ3v) is 2.93. The average Bonchev–Trinajstić information content (AvgIpc) is 2.81. The van der Waals surface area contributed by atoms with E-state index in [1.807, 2.05) is 0 Å². The van der Waals surface area contributed by atoms with Gasteiger partial charge in [-0.25, -0.2) is 0 Å². The van der Waals surface area contributed by atoms with Crippen molar-refractivity contribution < 1.29 is 22.7 Å². The van der Waals surface area contributed by atoms with Gasteiger partial charge in [0, 0.05) is 24.2 Å². The van der Waals surface area contributed by atoms with Crippen molar-refractivity contribution in [3.8, 4) is 5.75 Å².